The first-order chi connectivity index (χ1) is 9.15. The largest absolute Gasteiger partial charge is 0.313 e. The van der Waals surface area contributed by atoms with Crippen molar-refractivity contribution in [2.75, 3.05) is 19.6 Å². The molecule has 0 amide bonds. The predicted molar refractivity (Wildman–Crippen MR) is 85.3 cm³/mol. The molecule has 1 aliphatic rings. The van der Waals surface area contributed by atoms with Crippen molar-refractivity contribution in [3.8, 4) is 0 Å². The fraction of sp³-hybridized carbons (Fsp3) is 0.625. The summed E-state index contributed by atoms with van der Waals surface area (Å²) in [5, 5.41) is 3.69. The van der Waals surface area contributed by atoms with Gasteiger partial charge in [-0.05, 0) is 43.5 Å². The summed E-state index contributed by atoms with van der Waals surface area (Å²) < 4.78 is 1.23. The van der Waals surface area contributed by atoms with E-state index in [1.54, 1.807) is 0 Å². The molecule has 0 aliphatic carbocycles. The second-order valence-corrected chi connectivity index (χ2v) is 6.82. The molecule has 0 radical (unpaired) electrons. The number of nitrogens with zero attached hydrogens (tertiary/aromatic N) is 1. The van der Waals surface area contributed by atoms with Gasteiger partial charge in [0.1, 0.15) is 0 Å². The van der Waals surface area contributed by atoms with Crippen molar-refractivity contribution in [3.63, 3.8) is 0 Å². The average molecular weight is 325 g/mol. The van der Waals surface area contributed by atoms with E-state index in [4.69, 9.17) is 0 Å². The number of halogens is 1. The Hall–Kier alpha value is -0.380. The van der Waals surface area contributed by atoms with Crippen LogP contribution in [0.5, 0.6) is 0 Å². The maximum absolute atomic E-state index is 3.69. The van der Waals surface area contributed by atoms with Gasteiger partial charge in [-0.1, -0.05) is 48.0 Å². The van der Waals surface area contributed by atoms with Gasteiger partial charge in [0.05, 0.1) is 0 Å². The minimum Gasteiger partial charge on any atom is -0.313 e. The lowest BCUT2D eigenvalue weighted by Crippen LogP contribution is -2.38. The Labute approximate surface area is 125 Å². The zero-order valence-corrected chi connectivity index (χ0v) is 13.6. The molecule has 1 aromatic carbocycles. The number of benzene rings is 1. The number of nitrogens with one attached hydrogen (secondary N) is 1. The minimum absolute atomic E-state index is 0.644. The van der Waals surface area contributed by atoms with Crippen molar-refractivity contribution in [3.05, 3.63) is 34.3 Å². The zero-order chi connectivity index (χ0) is 13.7. The molecule has 1 unspecified atom stereocenters. The van der Waals surface area contributed by atoms with Crippen molar-refractivity contribution in [1.82, 2.24) is 10.2 Å². The van der Waals surface area contributed by atoms with E-state index in [1.165, 1.54) is 36.0 Å². The standard InChI is InChI=1S/C16H25BrN2/c1-13(2)10-15-12-19(9-5-8-18-15)11-14-6-3-4-7-16(14)17/h3-4,6-7,13,15,18H,5,8-12H2,1-2H3. The molecular weight excluding hydrogens is 300 g/mol. The molecule has 1 heterocycles. The highest BCUT2D eigenvalue weighted by atomic mass is 79.9. The second-order valence-electron chi connectivity index (χ2n) is 5.96. The van der Waals surface area contributed by atoms with E-state index < -0.39 is 0 Å². The van der Waals surface area contributed by atoms with Crippen LogP contribution in [0, 0.1) is 5.92 Å². The number of hydrogen-bond acceptors (Lipinski definition) is 2. The van der Waals surface area contributed by atoms with E-state index in [0.717, 1.165) is 19.0 Å². The van der Waals surface area contributed by atoms with Crippen LogP contribution in [0.3, 0.4) is 0 Å². The van der Waals surface area contributed by atoms with Gasteiger partial charge < -0.3 is 5.32 Å². The zero-order valence-electron chi connectivity index (χ0n) is 12.0. The maximum atomic E-state index is 3.69. The minimum atomic E-state index is 0.644. The molecule has 1 fully saturated rings. The molecule has 1 saturated heterocycles. The van der Waals surface area contributed by atoms with Crippen molar-refractivity contribution >= 4 is 15.9 Å². The Bertz CT molecular complexity index is 392. The first kappa shape index (κ1) is 15.0. The van der Waals surface area contributed by atoms with Gasteiger partial charge in [0.2, 0.25) is 0 Å². The lowest BCUT2D eigenvalue weighted by molar-refractivity contribution is 0.247. The van der Waals surface area contributed by atoms with Gasteiger partial charge in [0.15, 0.2) is 0 Å². The maximum Gasteiger partial charge on any atom is 0.0245 e. The van der Waals surface area contributed by atoms with E-state index in [-0.39, 0.29) is 0 Å². The smallest absolute Gasteiger partial charge is 0.0245 e. The first-order valence-corrected chi connectivity index (χ1v) is 8.13. The molecule has 0 bridgehead atoms. The molecule has 1 aromatic rings. The van der Waals surface area contributed by atoms with Crippen LogP contribution in [0.1, 0.15) is 32.3 Å². The fourth-order valence-corrected chi connectivity index (χ4v) is 3.22. The molecule has 2 rings (SSSR count). The highest BCUT2D eigenvalue weighted by Gasteiger charge is 2.19. The highest BCUT2D eigenvalue weighted by molar-refractivity contribution is 9.10. The van der Waals surface area contributed by atoms with Crippen LogP contribution in [0.4, 0.5) is 0 Å². The monoisotopic (exact) mass is 324 g/mol. The first-order valence-electron chi connectivity index (χ1n) is 7.34. The summed E-state index contributed by atoms with van der Waals surface area (Å²) in [6.45, 7) is 9.19. The normalized spacial score (nSPS) is 21.6. The summed E-state index contributed by atoms with van der Waals surface area (Å²) in [6.07, 6.45) is 2.52. The molecule has 106 valence electrons. The molecule has 3 heteroatoms. The molecule has 1 atom stereocenters. The summed E-state index contributed by atoms with van der Waals surface area (Å²) in [5.41, 5.74) is 1.40. The molecule has 0 saturated carbocycles. The van der Waals surface area contributed by atoms with E-state index in [2.05, 4.69) is 64.3 Å². The molecule has 1 N–H and O–H groups in total. The van der Waals surface area contributed by atoms with Crippen LogP contribution in [0.25, 0.3) is 0 Å². The SMILES string of the molecule is CC(C)CC1CN(Cc2ccccc2Br)CCCN1. The fourth-order valence-electron chi connectivity index (χ4n) is 2.81. The van der Waals surface area contributed by atoms with Crippen LogP contribution in [0.15, 0.2) is 28.7 Å². The second kappa shape index (κ2) is 7.41. The van der Waals surface area contributed by atoms with Gasteiger partial charge in [-0.15, -0.1) is 0 Å². The summed E-state index contributed by atoms with van der Waals surface area (Å²) in [6, 6.07) is 9.21. The Morgan fingerprint density at radius 2 is 2.16 bits per heavy atom. The van der Waals surface area contributed by atoms with Crippen LogP contribution in [-0.2, 0) is 6.54 Å². The Kier molecular flexibility index (Phi) is 5.86. The van der Waals surface area contributed by atoms with Gasteiger partial charge in [0, 0.05) is 23.6 Å². The highest BCUT2D eigenvalue weighted by Crippen LogP contribution is 2.19. The van der Waals surface area contributed by atoms with Crippen molar-refractivity contribution in [2.45, 2.75) is 39.3 Å². The third-order valence-corrected chi connectivity index (χ3v) is 4.44. The molecule has 19 heavy (non-hydrogen) atoms. The van der Waals surface area contributed by atoms with Crippen LogP contribution < -0.4 is 5.32 Å². The number of hydrogen-bond donors (Lipinski definition) is 1. The van der Waals surface area contributed by atoms with Crippen LogP contribution in [0.2, 0.25) is 0 Å². The average Bonchev–Trinajstić information content (AvgIpc) is 2.57. The summed E-state index contributed by atoms with van der Waals surface area (Å²) in [5.74, 6) is 0.765. The molecule has 2 nitrogen and oxygen atoms in total. The third-order valence-electron chi connectivity index (χ3n) is 3.67. The Morgan fingerprint density at radius 1 is 1.37 bits per heavy atom. The van der Waals surface area contributed by atoms with Gasteiger partial charge in [0.25, 0.3) is 0 Å². The Morgan fingerprint density at radius 3 is 2.89 bits per heavy atom. The number of rotatable bonds is 4. The lowest BCUT2D eigenvalue weighted by atomic mass is 10.0. The molecule has 0 spiro atoms. The molecule has 0 aromatic heterocycles. The van der Waals surface area contributed by atoms with Crippen molar-refractivity contribution in [1.29, 1.82) is 0 Å². The third kappa shape index (κ3) is 4.90. The van der Waals surface area contributed by atoms with E-state index in [0.29, 0.717) is 6.04 Å². The van der Waals surface area contributed by atoms with E-state index >= 15 is 0 Å². The predicted octanol–water partition coefficient (Wildman–Crippen LogP) is 3.66. The van der Waals surface area contributed by atoms with Gasteiger partial charge in [-0.3, -0.25) is 4.90 Å². The van der Waals surface area contributed by atoms with Gasteiger partial charge in [-0.2, -0.15) is 0 Å². The lowest BCUT2D eigenvalue weighted by Gasteiger charge is -2.25. The van der Waals surface area contributed by atoms with Crippen LogP contribution >= 0.6 is 15.9 Å². The summed E-state index contributed by atoms with van der Waals surface area (Å²) in [4.78, 5) is 2.59. The van der Waals surface area contributed by atoms with Crippen molar-refractivity contribution in [2.24, 2.45) is 5.92 Å². The van der Waals surface area contributed by atoms with Crippen molar-refractivity contribution < 1.29 is 0 Å². The Balaban J connectivity index is 1.97. The topological polar surface area (TPSA) is 15.3 Å². The van der Waals surface area contributed by atoms with Crippen LogP contribution in [-0.4, -0.2) is 30.6 Å². The van der Waals surface area contributed by atoms with E-state index in [9.17, 15) is 0 Å². The summed E-state index contributed by atoms with van der Waals surface area (Å²) in [7, 11) is 0. The quantitative estimate of drug-likeness (QED) is 0.909. The van der Waals surface area contributed by atoms with E-state index in [1.807, 2.05) is 0 Å². The summed E-state index contributed by atoms with van der Waals surface area (Å²) >= 11 is 3.66. The molecular formula is C16H25BrN2. The van der Waals surface area contributed by atoms with Gasteiger partial charge in [-0.25, -0.2) is 0 Å². The van der Waals surface area contributed by atoms with Gasteiger partial charge >= 0.3 is 0 Å². The molecule has 1 aliphatic heterocycles.